The smallest absolute Gasteiger partial charge is 0.253 e. The average molecular weight is 481 g/mol. The molecule has 2 aromatic heterocycles. The molecule has 0 aliphatic carbocycles. The van der Waals surface area contributed by atoms with E-state index < -0.39 is 17.2 Å². The lowest BCUT2D eigenvalue weighted by Crippen LogP contribution is -2.29. The molecule has 1 atom stereocenters. The van der Waals surface area contributed by atoms with Crippen LogP contribution in [0.25, 0.3) is 11.1 Å². The molecule has 0 fully saturated rings. The van der Waals surface area contributed by atoms with Crippen molar-refractivity contribution in [2.24, 2.45) is 17.8 Å². The summed E-state index contributed by atoms with van der Waals surface area (Å²) in [5.74, 6) is 4.82. The summed E-state index contributed by atoms with van der Waals surface area (Å²) in [5, 5.41) is 0. The molecule has 2 aromatic carbocycles. The molecule has 0 saturated carbocycles. The Bertz CT molecular complexity index is 1670. The third kappa shape index (κ3) is 3.50. The number of aryl methyl sites for hydroxylation is 2. The number of fused-ring (bicyclic) bond motifs is 1. The fourth-order valence-electron chi connectivity index (χ4n) is 4.84. The number of hydrogen-bond acceptors (Lipinski definition) is 4. The van der Waals surface area contributed by atoms with Gasteiger partial charge in [-0.25, -0.2) is 13.8 Å². The van der Waals surface area contributed by atoms with E-state index in [9.17, 15) is 9.18 Å². The minimum atomic E-state index is -1.30. The normalized spacial score (nSPS) is 16.2. The second-order valence-electron chi connectivity index (χ2n) is 8.73. The summed E-state index contributed by atoms with van der Waals surface area (Å²) in [6, 6.07) is 12.8. The van der Waals surface area contributed by atoms with Crippen LogP contribution in [0.1, 0.15) is 40.3 Å². The Labute approximate surface area is 207 Å². The van der Waals surface area contributed by atoms with Gasteiger partial charge in [0.15, 0.2) is 0 Å². The third-order valence-corrected chi connectivity index (χ3v) is 6.43. The van der Waals surface area contributed by atoms with Crippen LogP contribution in [0.3, 0.4) is 0 Å². The lowest BCUT2D eigenvalue weighted by molar-refractivity contribution is 0.609. The SMILES string of the molecule is CC#Cc1cncc(-c2cc(C3(c4cc(C)c(=O)n(C)c4)N=C(N)c4c(F)cccc43)ccc2F)c1. The first-order chi connectivity index (χ1) is 17.3. The quantitative estimate of drug-likeness (QED) is 0.442. The van der Waals surface area contributed by atoms with Crippen molar-refractivity contribution in [2.45, 2.75) is 19.4 Å². The molecule has 1 aliphatic heterocycles. The van der Waals surface area contributed by atoms with Gasteiger partial charge in [0.2, 0.25) is 0 Å². The first kappa shape index (κ1) is 23.2. The molecular weight excluding hydrogens is 458 g/mol. The average Bonchev–Trinajstić information content (AvgIpc) is 3.17. The van der Waals surface area contributed by atoms with Crippen LogP contribution < -0.4 is 11.3 Å². The largest absolute Gasteiger partial charge is 0.383 e. The van der Waals surface area contributed by atoms with Crippen molar-refractivity contribution in [2.75, 3.05) is 0 Å². The number of hydrogen-bond donors (Lipinski definition) is 1. The lowest BCUT2D eigenvalue weighted by Gasteiger charge is -2.30. The molecule has 0 amide bonds. The first-order valence-electron chi connectivity index (χ1n) is 11.3. The first-order valence-corrected chi connectivity index (χ1v) is 11.3. The highest BCUT2D eigenvalue weighted by atomic mass is 19.1. The molecule has 3 heterocycles. The number of amidine groups is 1. The van der Waals surface area contributed by atoms with E-state index in [1.807, 2.05) is 0 Å². The molecular formula is C29H22F2N4O. The minimum absolute atomic E-state index is 0.0300. The molecule has 0 bridgehead atoms. The van der Waals surface area contributed by atoms with E-state index in [0.717, 1.165) is 0 Å². The highest BCUT2D eigenvalue weighted by molar-refractivity contribution is 6.03. The van der Waals surface area contributed by atoms with Gasteiger partial charge in [0.05, 0.1) is 5.56 Å². The Morgan fingerprint density at radius 1 is 1.03 bits per heavy atom. The van der Waals surface area contributed by atoms with Crippen molar-refractivity contribution in [3.05, 3.63) is 122 Å². The molecule has 4 aromatic rings. The van der Waals surface area contributed by atoms with Gasteiger partial charge in [0.1, 0.15) is 23.0 Å². The summed E-state index contributed by atoms with van der Waals surface area (Å²) in [5.41, 5.74) is 8.67. The third-order valence-electron chi connectivity index (χ3n) is 6.43. The summed E-state index contributed by atoms with van der Waals surface area (Å²) >= 11 is 0. The van der Waals surface area contributed by atoms with E-state index in [4.69, 9.17) is 10.7 Å². The Hall–Kier alpha value is -4.57. The van der Waals surface area contributed by atoms with Crippen LogP contribution >= 0.6 is 0 Å². The van der Waals surface area contributed by atoms with Gasteiger partial charge in [-0.05, 0) is 49.7 Å². The van der Waals surface area contributed by atoms with Crippen molar-refractivity contribution in [3.63, 3.8) is 0 Å². The van der Waals surface area contributed by atoms with Gasteiger partial charge < -0.3 is 10.3 Å². The second-order valence-corrected chi connectivity index (χ2v) is 8.73. The number of nitrogens with zero attached hydrogens (tertiary/aromatic N) is 3. The molecule has 0 spiro atoms. The van der Waals surface area contributed by atoms with Crippen LogP contribution in [0.15, 0.2) is 76.9 Å². The molecule has 178 valence electrons. The summed E-state index contributed by atoms with van der Waals surface area (Å²) < 4.78 is 31.6. The number of halogens is 2. The van der Waals surface area contributed by atoms with E-state index >= 15 is 4.39 Å². The van der Waals surface area contributed by atoms with E-state index in [1.165, 1.54) is 16.7 Å². The van der Waals surface area contributed by atoms with E-state index in [0.29, 0.717) is 38.9 Å². The monoisotopic (exact) mass is 480 g/mol. The molecule has 36 heavy (non-hydrogen) atoms. The number of rotatable bonds is 3. The molecule has 1 unspecified atom stereocenters. The van der Waals surface area contributed by atoms with Crippen molar-refractivity contribution in [1.82, 2.24) is 9.55 Å². The number of nitrogens with two attached hydrogens (primary N) is 1. The Kier molecular flexibility index (Phi) is 5.52. The van der Waals surface area contributed by atoms with Crippen LogP contribution in [0, 0.1) is 30.4 Å². The molecule has 5 nitrogen and oxygen atoms in total. The van der Waals surface area contributed by atoms with E-state index in [1.54, 1.807) is 75.9 Å². The maximum Gasteiger partial charge on any atom is 0.253 e. The van der Waals surface area contributed by atoms with Gasteiger partial charge in [-0.3, -0.25) is 9.78 Å². The summed E-state index contributed by atoms with van der Waals surface area (Å²) in [6.07, 6.45) is 4.83. The number of pyridine rings is 2. The molecule has 5 rings (SSSR count). The van der Waals surface area contributed by atoms with Crippen LogP contribution in [0.4, 0.5) is 8.78 Å². The lowest BCUT2D eigenvalue weighted by atomic mass is 9.77. The number of aromatic nitrogens is 2. The molecule has 1 aliphatic rings. The van der Waals surface area contributed by atoms with E-state index in [-0.39, 0.29) is 17.0 Å². The minimum Gasteiger partial charge on any atom is -0.383 e. The van der Waals surface area contributed by atoms with Crippen molar-refractivity contribution >= 4 is 5.84 Å². The predicted octanol–water partition coefficient (Wildman–Crippen LogP) is 4.42. The summed E-state index contributed by atoms with van der Waals surface area (Å²) in [7, 11) is 1.64. The zero-order chi connectivity index (χ0) is 25.6. The summed E-state index contributed by atoms with van der Waals surface area (Å²) in [4.78, 5) is 21.5. The van der Waals surface area contributed by atoms with Crippen molar-refractivity contribution in [3.8, 4) is 23.0 Å². The van der Waals surface area contributed by atoms with Crippen LogP contribution in [-0.2, 0) is 12.6 Å². The van der Waals surface area contributed by atoms with Gasteiger partial charge >= 0.3 is 0 Å². The highest BCUT2D eigenvalue weighted by Crippen LogP contribution is 2.47. The van der Waals surface area contributed by atoms with Crippen LogP contribution in [0.5, 0.6) is 0 Å². The van der Waals surface area contributed by atoms with Crippen molar-refractivity contribution in [1.29, 1.82) is 0 Å². The van der Waals surface area contributed by atoms with Gasteiger partial charge in [0, 0.05) is 59.0 Å². The molecule has 7 heteroatoms. The topological polar surface area (TPSA) is 73.3 Å². The van der Waals surface area contributed by atoms with E-state index in [2.05, 4.69) is 16.8 Å². The van der Waals surface area contributed by atoms with Gasteiger partial charge in [0.25, 0.3) is 5.56 Å². The standard InChI is InChI=1S/C29H22F2N4O/c1-4-6-18-12-19(15-33-14-18)22-13-20(9-10-24(22)30)29(21-11-17(2)28(36)35(3)16-21)23-7-5-8-25(31)26(23)27(32)34-29/h5,7-16H,1-3H3,(H2,32,34). The zero-order valence-corrected chi connectivity index (χ0v) is 19.9. The maximum absolute atomic E-state index is 15.2. The van der Waals surface area contributed by atoms with Gasteiger partial charge in [-0.1, -0.05) is 24.1 Å². The van der Waals surface area contributed by atoms with Crippen molar-refractivity contribution < 1.29 is 8.78 Å². The number of aliphatic imine (C=N–C) groups is 1. The highest BCUT2D eigenvalue weighted by Gasteiger charge is 2.45. The maximum atomic E-state index is 15.2. The molecule has 2 N–H and O–H groups in total. The zero-order valence-electron chi connectivity index (χ0n) is 19.9. The van der Waals surface area contributed by atoms with Gasteiger partial charge in [-0.2, -0.15) is 0 Å². The second kappa shape index (κ2) is 8.58. The van der Waals surface area contributed by atoms with Gasteiger partial charge in [-0.15, -0.1) is 5.92 Å². The number of benzene rings is 2. The fraction of sp³-hybridized carbons (Fsp3) is 0.138. The Morgan fingerprint density at radius 2 is 1.83 bits per heavy atom. The molecule has 0 radical (unpaired) electrons. The molecule has 0 saturated heterocycles. The Morgan fingerprint density at radius 3 is 2.58 bits per heavy atom. The fourth-order valence-corrected chi connectivity index (χ4v) is 4.84. The van der Waals surface area contributed by atoms with Crippen LogP contribution in [-0.4, -0.2) is 15.4 Å². The Balaban J connectivity index is 1.84. The predicted molar refractivity (Wildman–Crippen MR) is 136 cm³/mol. The summed E-state index contributed by atoms with van der Waals surface area (Å²) in [6.45, 7) is 3.42. The van der Waals surface area contributed by atoms with Crippen LogP contribution in [0.2, 0.25) is 0 Å².